The number of hydrogen-bond donors (Lipinski definition) is 2. The molecule has 0 aliphatic carbocycles. The molecule has 0 saturated carbocycles. The van der Waals surface area contributed by atoms with Crippen molar-refractivity contribution in [1.82, 2.24) is 9.78 Å². The Morgan fingerprint density at radius 2 is 2.24 bits per heavy atom. The molecule has 1 aromatic heterocycles. The van der Waals surface area contributed by atoms with Gasteiger partial charge in [0.25, 0.3) is 0 Å². The minimum Gasteiger partial charge on any atom is -0.389 e. The number of halogens is 1. The van der Waals surface area contributed by atoms with Crippen LogP contribution < -0.4 is 11.1 Å². The second-order valence-electron chi connectivity index (χ2n) is 3.49. The zero-order valence-electron chi connectivity index (χ0n) is 9.14. The Morgan fingerprint density at radius 1 is 1.47 bits per heavy atom. The van der Waals surface area contributed by atoms with E-state index in [9.17, 15) is 0 Å². The summed E-state index contributed by atoms with van der Waals surface area (Å²) in [5.74, 6) is 0.838. The molecule has 0 atom stereocenters. The summed E-state index contributed by atoms with van der Waals surface area (Å²) in [4.78, 5) is 0.264. The lowest BCUT2D eigenvalue weighted by Crippen LogP contribution is -2.13. The number of benzene rings is 1. The summed E-state index contributed by atoms with van der Waals surface area (Å²) in [6.45, 7) is 0. The van der Waals surface area contributed by atoms with Gasteiger partial charge in [0, 0.05) is 13.1 Å². The van der Waals surface area contributed by atoms with E-state index in [1.807, 2.05) is 25.2 Å². The molecule has 0 aliphatic heterocycles. The topological polar surface area (TPSA) is 55.9 Å². The summed E-state index contributed by atoms with van der Waals surface area (Å²) in [5, 5.41) is 7.79. The third-order valence-electron chi connectivity index (χ3n) is 2.34. The lowest BCUT2D eigenvalue weighted by molar-refractivity contribution is 0.776. The maximum atomic E-state index is 6.07. The Balaban J connectivity index is 2.43. The fourth-order valence-electron chi connectivity index (χ4n) is 1.51. The Hall–Kier alpha value is -1.59. The van der Waals surface area contributed by atoms with Crippen molar-refractivity contribution in [3.05, 3.63) is 41.0 Å². The summed E-state index contributed by atoms with van der Waals surface area (Å²) >= 11 is 11.1. The molecular formula is C11H11ClN4S. The fourth-order valence-corrected chi connectivity index (χ4v) is 2.07. The molecular weight excluding hydrogens is 256 g/mol. The third kappa shape index (κ3) is 2.40. The van der Waals surface area contributed by atoms with Crippen LogP contribution in [-0.4, -0.2) is 14.8 Å². The number of nitrogens with one attached hydrogen (secondary N) is 1. The van der Waals surface area contributed by atoms with Gasteiger partial charge in [-0.1, -0.05) is 29.9 Å². The molecule has 4 nitrogen and oxygen atoms in total. The molecule has 0 saturated heterocycles. The molecule has 0 bridgehead atoms. The molecule has 0 spiro atoms. The van der Waals surface area contributed by atoms with Gasteiger partial charge in [0.2, 0.25) is 0 Å². The Kier molecular flexibility index (Phi) is 3.31. The number of hydrogen-bond acceptors (Lipinski definition) is 3. The molecule has 3 N–H and O–H groups in total. The van der Waals surface area contributed by atoms with Crippen LogP contribution in [0.4, 0.5) is 11.5 Å². The number of aromatic nitrogens is 2. The summed E-state index contributed by atoms with van der Waals surface area (Å²) in [6.07, 6.45) is 1.70. The first-order chi connectivity index (χ1) is 8.09. The van der Waals surface area contributed by atoms with Crippen molar-refractivity contribution in [3.8, 4) is 0 Å². The highest BCUT2D eigenvalue weighted by Gasteiger charge is 2.10. The summed E-state index contributed by atoms with van der Waals surface area (Å²) in [5.41, 5.74) is 7.08. The molecule has 0 amide bonds. The molecule has 17 heavy (non-hydrogen) atoms. The number of rotatable bonds is 3. The Labute approximate surface area is 109 Å². The second-order valence-corrected chi connectivity index (χ2v) is 4.34. The lowest BCUT2D eigenvalue weighted by atomic mass is 10.1. The first-order valence-corrected chi connectivity index (χ1v) is 5.71. The van der Waals surface area contributed by atoms with Crippen molar-refractivity contribution in [2.24, 2.45) is 12.8 Å². The SMILES string of the molecule is Cn1nccc1Nc1cccc(Cl)c1C(N)=S. The van der Waals surface area contributed by atoms with Gasteiger partial charge in [0.1, 0.15) is 10.8 Å². The average molecular weight is 267 g/mol. The largest absolute Gasteiger partial charge is 0.389 e. The number of thiocarbonyl (C=S) groups is 1. The Bertz CT molecular complexity index is 564. The van der Waals surface area contributed by atoms with Crippen LogP contribution in [0.1, 0.15) is 5.56 Å². The molecule has 0 aliphatic rings. The van der Waals surface area contributed by atoms with Gasteiger partial charge in [-0.05, 0) is 12.1 Å². The fraction of sp³-hybridized carbons (Fsp3) is 0.0909. The number of nitrogens with two attached hydrogens (primary N) is 1. The maximum absolute atomic E-state index is 6.07. The highest BCUT2D eigenvalue weighted by Crippen LogP contribution is 2.26. The molecule has 1 heterocycles. The van der Waals surface area contributed by atoms with E-state index >= 15 is 0 Å². The summed E-state index contributed by atoms with van der Waals surface area (Å²) in [6, 6.07) is 7.31. The van der Waals surface area contributed by atoms with Crippen LogP contribution in [0.2, 0.25) is 5.02 Å². The predicted molar refractivity (Wildman–Crippen MR) is 73.8 cm³/mol. The first-order valence-electron chi connectivity index (χ1n) is 4.93. The zero-order valence-corrected chi connectivity index (χ0v) is 10.7. The van der Waals surface area contributed by atoms with Gasteiger partial charge in [0.05, 0.1) is 22.5 Å². The van der Waals surface area contributed by atoms with Crippen molar-refractivity contribution < 1.29 is 0 Å². The van der Waals surface area contributed by atoms with Gasteiger partial charge in [0.15, 0.2) is 0 Å². The molecule has 88 valence electrons. The highest BCUT2D eigenvalue weighted by atomic mass is 35.5. The zero-order chi connectivity index (χ0) is 12.4. The van der Waals surface area contributed by atoms with Crippen molar-refractivity contribution in [2.75, 3.05) is 5.32 Å². The second kappa shape index (κ2) is 4.73. The van der Waals surface area contributed by atoms with E-state index in [4.69, 9.17) is 29.6 Å². The van der Waals surface area contributed by atoms with Crippen LogP contribution in [0.15, 0.2) is 30.5 Å². The number of anilines is 2. The molecule has 2 aromatic rings. The predicted octanol–water partition coefficient (Wildman–Crippen LogP) is 2.45. The van der Waals surface area contributed by atoms with Crippen LogP contribution in [0.25, 0.3) is 0 Å². The molecule has 0 fully saturated rings. The highest BCUT2D eigenvalue weighted by molar-refractivity contribution is 7.80. The third-order valence-corrected chi connectivity index (χ3v) is 2.86. The minimum atomic E-state index is 0.264. The summed E-state index contributed by atoms with van der Waals surface area (Å²) < 4.78 is 1.71. The first kappa shape index (κ1) is 11.9. The molecule has 0 radical (unpaired) electrons. The molecule has 6 heteroatoms. The molecule has 0 unspecified atom stereocenters. The van der Waals surface area contributed by atoms with Crippen LogP contribution in [0.3, 0.4) is 0 Å². The lowest BCUT2D eigenvalue weighted by Gasteiger charge is -2.12. The average Bonchev–Trinajstić information content (AvgIpc) is 2.64. The van der Waals surface area contributed by atoms with Gasteiger partial charge in [-0.15, -0.1) is 0 Å². The van der Waals surface area contributed by atoms with E-state index in [1.165, 1.54) is 0 Å². The molecule has 1 aromatic carbocycles. The van der Waals surface area contributed by atoms with Crippen molar-refractivity contribution in [1.29, 1.82) is 0 Å². The monoisotopic (exact) mass is 266 g/mol. The van der Waals surface area contributed by atoms with E-state index in [1.54, 1.807) is 16.9 Å². The van der Waals surface area contributed by atoms with Crippen molar-refractivity contribution in [2.45, 2.75) is 0 Å². The van der Waals surface area contributed by atoms with Gasteiger partial charge in [-0.2, -0.15) is 5.10 Å². The van der Waals surface area contributed by atoms with Crippen LogP contribution in [0, 0.1) is 0 Å². The van der Waals surface area contributed by atoms with Crippen molar-refractivity contribution in [3.63, 3.8) is 0 Å². The van der Waals surface area contributed by atoms with E-state index < -0.39 is 0 Å². The van der Waals surface area contributed by atoms with Crippen LogP contribution in [-0.2, 0) is 7.05 Å². The number of aryl methyl sites for hydroxylation is 1. The standard InChI is InChI=1S/C11H11ClN4S/c1-16-9(5-6-14-16)15-8-4-2-3-7(12)10(8)11(13)17/h2-6,15H,1H3,(H2,13,17). The Morgan fingerprint density at radius 3 is 2.82 bits per heavy atom. The van der Waals surface area contributed by atoms with Gasteiger partial charge < -0.3 is 11.1 Å². The van der Waals surface area contributed by atoms with Crippen LogP contribution >= 0.6 is 23.8 Å². The van der Waals surface area contributed by atoms with E-state index in [0.29, 0.717) is 10.6 Å². The minimum absolute atomic E-state index is 0.264. The smallest absolute Gasteiger partial charge is 0.128 e. The van der Waals surface area contributed by atoms with E-state index in [2.05, 4.69) is 10.4 Å². The normalized spacial score (nSPS) is 10.2. The van der Waals surface area contributed by atoms with Gasteiger partial charge >= 0.3 is 0 Å². The van der Waals surface area contributed by atoms with Crippen LogP contribution in [0.5, 0.6) is 0 Å². The maximum Gasteiger partial charge on any atom is 0.128 e. The number of nitrogens with zero attached hydrogens (tertiary/aromatic N) is 2. The van der Waals surface area contributed by atoms with Crippen molar-refractivity contribution >= 4 is 40.3 Å². The molecule has 2 rings (SSSR count). The van der Waals surface area contributed by atoms with Gasteiger partial charge in [-0.3, -0.25) is 4.68 Å². The quantitative estimate of drug-likeness (QED) is 0.838. The van der Waals surface area contributed by atoms with E-state index in [0.717, 1.165) is 11.5 Å². The summed E-state index contributed by atoms with van der Waals surface area (Å²) in [7, 11) is 1.84. The van der Waals surface area contributed by atoms with Gasteiger partial charge in [-0.25, -0.2) is 0 Å². The van der Waals surface area contributed by atoms with E-state index in [-0.39, 0.29) is 4.99 Å².